The zero-order valence-electron chi connectivity index (χ0n) is 8.96. The molecule has 0 radical (unpaired) electrons. The van der Waals surface area contributed by atoms with Gasteiger partial charge in [-0.2, -0.15) is 0 Å². The molecule has 2 rings (SSSR count). The number of benzene rings is 2. The summed E-state index contributed by atoms with van der Waals surface area (Å²) in [6, 6.07) is 10.7. The molecule has 0 unspecified atom stereocenters. The highest BCUT2D eigenvalue weighted by Gasteiger charge is 2.02. The summed E-state index contributed by atoms with van der Waals surface area (Å²) in [4.78, 5) is 0. The molecular formula is C15H14. The maximum atomic E-state index is 3.87. The van der Waals surface area contributed by atoms with E-state index in [9.17, 15) is 0 Å². The SMILES string of the molecule is C=Cc1ccc2ccc(C)cc2c1C=C. The third kappa shape index (κ3) is 1.59. The van der Waals surface area contributed by atoms with Gasteiger partial charge in [-0.3, -0.25) is 0 Å². The molecule has 0 saturated carbocycles. The summed E-state index contributed by atoms with van der Waals surface area (Å²) < 4.78 is 0. The topological polar surface area (TPSA) is 0 Å². The van der Waals surface area contributed by atoms with Crippen LogP contribution < -0.4 is 0 Å². The Morgan fingerprint density at radius 1 is 1.00 bits per heavy atom. The van der Waals surface area contributed by atoms with Crippen molar-refractivity contribution in [3.8, 4) is 0 Å². The van der Waals surface area contributed by atoms with Crippen molar-refractivity contribution in [1.29, 1.82) is 0 Å². The van der Waals surface area contributed by atoms with Crippen LogP contribution in [0.2, 0.25) is 0 Å². The summed E-state index contributed by atoms with van der Waals surface area (Å²) >= 11 is 0. The Kier molecular flexibility index (Phi) is 2.42. The normalized spacial score (nSPS) is 10.2. The number of fused-ring (bicyclic) bond motifs is 1. The molecule has 0 saturated heterocycles. The standard InChI is InChI=1S/C15H14/c1-4-12-8-9-13-7-6-11(3)10-15(13)14(12)5-2/h4-10H,1-2H2,3H3. The molecule has 0 aromatic heterocycles. The van der Waals surface area contributed by atoms with Gasteiger partial charge in [0.25, 0.3) is 0 Å². The lowest BCUT2D eigenvalue weighted by atomic mass is 9.97. The number of aryl methyl sites for hydroxylation is 1. The summed E-state index contributed by atoms with van der Waals surface area (Å²) in [5.74, 6) is 0. The van der Waals surface area contributed by atoms with E-state index >= 15 is 0 Å². The third-order valence-electron chi connectivity index (χ3n) is 2.68. The van der Waals surface area contributed by atoms with Gasteiger partial charge in [0, 0.05) is 0 Å². The number of hydrogen-bond donors (Lipinski definition) is 0. The van der Waals surface area contributed by atoms with Crippen LogP contribution in [0.15, 0.2) is 43.5 Å². The van der Waals surface area contributed by atoms with Gasteiger partial charge in [0.1, 0.15) is 0 Å². The molecule has 0 N–H and O–H groups in total. The second-order valence-electron chi connectivity index (χ2n) is 3.70. The Morgan fingerprint density at radius 2 is 1.73 bits per heavy atom. The van der Waals surface area contributed by atoms with Crippen LogP contribution in [0.3, 0.4) is 0 Å². The maximum absolute atomic E-state index is 3.87. The van der Waals surface area contributed by atoms with E-state index in [-0.39, 0.29) is 0 Å². The summed E-state index contributed by atoms with van der Waals surface area (Å²) in [7, 11) is 0. The minimum absolute atomic E-state index is 1.14. The Bertz CT molecular complexity index is 533. The van der Waals surface area contributed by atoms with E-state index in [0.29, 0.717) is 0 Å². The summed E-state index contributed by atoms with van der Waals surface area (Å²) in [6.45, 7) is 9.80. The highest BCUT2D eigenvalue weighted by Crippen LogP contribution is 2.25. The molecule has 74 valence electrons. The van der Waals surface area contributed by atoms with E-state index in [1.165, 1.54) is 21.9 Å². The molecule has 0 heteroatoms. The highest BCUT2D eigenvalue weighted by molar-refractivity contribution is 5.94. The molecule has 0 spiro atoms. The number of rotatable bonds is 2. The average Bonchev–Trinajstić information content (AvgIpc) is 2.27. The molecule has 15 heavy (non-hydrogen) atoms. The van der Waals surface area contributed by atoms with E-state index < -0.39 is 0 Å². The predicted molar refractivity (Wildman–Crippen MR) is 68.9 cm³/mol. The molecular weight excluding hydrogens is 180 g/mol. The molecule has 0 aliphatic rings. The van der Waals surface area contributed by atoms with E-state index in [0.717, 1.165) is 5.56 Å². The van der Waals surface area contributed by atoms with Crippen LogP contribution >= 0.6 is 0 Å². The van der Waals surface area contributed by atoms with Gasteiger partial charge in [0.2, 0.25) is 0 Å². The maximum Gasteiger partial charge on any atom is -0.0103 e. The first-order valence-electron chi connectivity index (χ1n) is 5.04. The first kappa shape index (κ1) is 9.72. The predicted octanol–water partition coefficient (Wildman–Crippen LogP) is 4.43. The van der Waals surface area contributed by atoms with Crippen molar-refractivity contribution >= 4 is 22.9 Å². The lowest BCUT2D eigenvalue weighted by molar-refractivity contribution is 1.50. The van der Waals surface area contributed by atoms with E-state index in [1.54, 1.807) is 0 Å². The molecule has 0 amide bonds. The molecule has 2 aromatic rings. The van der Waals surface area contributed by atoms with E-state index in [4.69, 9.17) is 0 Å². The quantitative estimate of drug-likeness (QED) is 0.663. The van der Waals surface area contributed by atoms with Crippen molar-refractivity contribution in [2.24, 2.45) is 0 Å². The summed E-state index contributed by atoms with van der Waals surface area (Å²) in [5, 5.41) is 2.50. The largest absolute Gasteiger partial charge is 0.0984 e. The minimum Gasteiger partial charge on any atom is -0.0984 e. The van der Waals surface area contributed by atoms with Crippen molar-refractivity contribution in [3.05, 3.63) is 60.2 Å². The fourth-order valence-corrected chi connectivity index (χ4v) is 1.88. The van der Waals surface area contributed by atoms with E-state index in [1.807, 2.05) is 12.2 Å². The molecule has 0 atom stereocenters. The zero-order chi connectivity index (χ0) is 10.8. The minimum atomic E-state index is 1.14. The smallest absolute Gasteiger partial charge is 0.0103 e. The van der Waals surface area contributed by atoms with Crippen LogP contribution in [0.5, 0.6) is 0 Å². The Balaban J connectivity index is 2.90. The Hall–Kier alpha value is -1.82. The van der Waals surface area contributed by atoms with Gasteiger partial charge in [-0.15, -0.1) is 0 Å². The fraction of sp³-hybridized carbons (Fsp3) is 0.0667. The van der Waals surface area contributed by atoms with Gasteiger partial charge >= 0.3 is 0 Å². The molecule has 0 aliphatic heterocycles. The van der Waals surface area contributed by atoms with Crippen molar-refractivity contribution in [3.63, 3.8) is 0 Å². The first-order valence-corrected chi connectivity index (χ1v) is 5.04. The molecule has 0 heterocycles. The van der Waals surface area contributed by atoms with Crippen molar-refractivity contribution < 1.29 is 0 Å². The van der Waals surface area contributed by atoms with Gasteiger partial charge in [-0.25, -0.2) is 0 Å². The van der Waals surface area contributed by atoms with Crippen molar-refractivity contribution in [2.75, 3.05) is 0 Å². The molecule has 0 bridgehead atoms. The molecule has 2 aromatic carbocycles. The van der Waals surface area contributed by atoms with Gasteiger partial charge in [0.15, 0.2) is 0 Å². The van der Waals surface area contributed by atoms with Crippen LogP contribution in [0.1, 0.15) is 16.7 Å². The van der Waals surface area contributed by atoms with E-state index in [2.05, 4.69) is 50.4 Å². The van der Waals surface area contributed by atoms with Crippen LogP contribution in [-0.4, -0.2) is 0 Å². The highest BCUT2D eigenvalue weighted by atomic mass is 14.1. The zero-order valence-corrected chi connectivity index (χ0v) is 8.96. The van der Waals surface area contributed by atoms with Gasteiger partial charge in [0.05, 0.1) is 0 Å². The van der Waals surface area contributed by atoms with Gasteiger partial charge in [-0.1, -0.05) is 61.2 Å². The van der Waals surface area contributed by atoms with Gasteiger partial charge in [-0.05, 0) is 28.8 Å². The molecule has 0 fully saturated rings. The molecule has 0 aliphatic carbocycles. The molecule has 0 nitrogen and oxygen atoms in total. The second kappa shape index (κ2) is 3.74. The van der Waals surface area contributed by atoms with Crippen LogP contribution in [0.25, 0.3) is 22.9 Å². The Morgan fingerprint density at radius 3 is 2.40 bits per heavy atom. The lowest BCUT2D eigenvalue weighted by Crippen LogP contribution is -1.84. The number of hydrogen-bond acceptors (Lipinski definition) is 0. The third-order valence-corrected chi connectivity index (χ3v) is 2.68. The first-order chi connectivity index (χ1) is 7.26. The van der Waals surface area contributed by atoms with Crippen LogP contribution in [-0.2, 0) is 0 Å². The summed E-state index contributed by atoms with van der Waals surface area (Å²) in [6.07, 6.45) is 3.78. The van der Waals surface area contributed by atoms with Crippen molar-refractivity contribution in [1.82, 2.24) is 0 Å². The average molecular weight is 194 g/mol. The monoisotopic (exact) mass is 194 g/mol. The van der Waals surface area contributed by atoms with Gasteiger partial charge < -0.3 is 0 Å². The van der Waals surface area contributed by atoms with Crippen LogP contribution in [0, 0.1) is 6.92 Å². The fourth-order valence-electron chi connectivity index (χ4n) is 1.88. The Labute approximate surface area is 90.6 Å². The lowest BCUT2D eigenvalue weighted by Gasteiger charge is -2.07. The van der Waals surface area contributed by atoms with Crippen LogP contribution in [0.4, 0.5) is 0 Å². The summed E-state index contributed by atoms with van der Waals surface area (Å²) in [5.41, 5.74) is 3.58. The second-order valence-corrected chi connectivity index (χ2v) is 3.70. The van der Waals surface area contributed by atoms with Crippen molar-refractivity contribution in [2.45, 2.75) is 6.92 Å².